The number of thiazole rings is 1. The van der Waals surface area contributed by atoms with Gasteiger partial charge < -0.3 is 9.80 Å². The molecule has 1 aromatic carbocycles. The number of halogens is 4. The van der Waals surface area contributed by atoms with Crippen molar-refractivity contribution in [3.63, 3.8) is 0 Å². The molecular weight excluding hydrogens is 659 g/mol. The molecule has 5 rings (SSSR count). The van der Waals surface area contributed by atoms with E-state index in [0.29, 0.717) is 28.1 Å². The predicted molar refractivity (Wildman–Crippen MR) is 155 cm³/mol. The van der Waals surface area contributed by atoms with Crippen molar-refractivity contribution >= 4 is 70.3 Å². The van der Waals surface area contributed by atoms with Crippen LogP contribution in [0.1, 0.15) is 26.8 Å². The van der Waals surface area contributed by atoms with Crippen LogP contribution in [0.25, 0.3) is 10.1 Å². The van der Waals surface area contributed by atoms with Crippen molar-refractivity contribution in [1.82, 2.24) is 23.4 Å². The number of benzene rings is 1. The van der Waals surface area contributed by atoms with Gasteiger partial charge in [0.25, 0.3) is 15.9 Å². The van der Waals surface area contributed by atoms with Crippen LogP contribution >= 0.6 is 34.3 Å². The second-order valence-electron chi connectivity index (χ2n) is 10.2. The van der Waals surface area contributed by atoms with E-state index in [-0.39, 0.29) is 39.6 Å². The standard InChI is InChI=1S/C24H27ClF3N5O5S4/c1-30-7-6-18-20(14-30)40-22(29-18)23(34)33-10-9-32(13-17(33)5-8-31(2)42(37,38)24(26,27)28)41(35,36)21-11-15-3-4-16(25)12-19(15)39-21/h3-4,11-12,17H,5-10,13-14H2,1-2H3. The summed E-state index contributed by atoms with van der Waals surface area (Å²) in [5.41, 5.74) is -4.67. The van der Waals surface area contributed by atoms with Gasteiger partial charge in [-0.15, -0.1) is 22.7 Å². The molecule has 2 aliphatic heterocycles. The largest absolute Gasteiger partial charge is 0.511 e. The molecule has 1 unspecified atom stereocenters. The molecule has 0 radical (unpaired) electrons. The van der Waals surface area contributed by atoms with E-state index in [1.54, 1.807) is 18.2 Å². The van der Waals surface area contributed by atoms with Crippen LogP contribution in [0.3, 0.4) is 0 Å². The summed E-state index contributed by atoms with van der Waals surface area (Å²) in [6, 6.07) is 5.63. The molecule has 1 fully saturated rings. The highest BCUT2D eigenvalue weighted by Gasteiger charge is 2.49. The minimum atomic E-state index is -5.60. The van der Waals surface area contributed by atoms with Crippen LogP contribution in [0, 0.1) is 0 Å². The van der Waals surface area contributed by atoms with Gasteiger partial charge >= 0.3 is 15.5 Å². The second kappa shape index (κ2) is 11.6. The molecule has 0 spiro atoms. The Morgan fingerprint density at radius 1 is 1.14 bits per heavy atom. The smallest absolute Gasteiger partial charge is 0.331 e. The lowest BCUT2D eigenvalue weighted by Gasteiger charge is -2.40. The molecule has 2 aliphatic rings. The first-order valence-electron chi connectivity index (χ1n) is 12.8. The number of hydrogen-bond acceptors (Lipinski definition) is 9. The Kier molecular flexibility index (Phi) is 8.70. The monoisotopic (exact) mass is 685 g/mol. The lowest BCUT2D eigenvalue weighted by molar-refractivity contribution is -0.0484. The van der Waals surface area contributed by atoms with Crippen molar-refractivity contribution in [3.05, 3.63) is 44.9 Å². The SMILES string of the molecule is CN1CCc2nc(C(=O)N3CCN(S(=O)(=O)c4cc5ccc(Cl)cc5s4)CC3CCN(C)S(=O)(=O)C(F)(F)F)sc2C1. The normalized spacial score (nSPS) is 19.5. The van der Waals surface area contributed by atoms with Crippen molar-refractivity contribution in [3.8, 4) is 0 Å². The number of likely N-dealkylation sites (N-methyl/N-ethyl adjacent to an activating group) is 1. The zero-order valence-corrected chi connectivity index (χ0v) is 26.5. The van der Waals surface area contributed by atoms with Crippen LogP contribution in [0.15, 0.2) is 28.5 Å². The highest BCUT2D eigenvalue weighted by Crippen LogP contribution is 2.34. The highest BCUT2D eigenvalue weighted by molar-refractivity contribution is 7.91. The van der Waals surface area contributed by atoms with Crippen LogP contribution in [0.2, 0.25) is 5.02 Å². The maximum Gasteiger partial charge on any atom is 0.511 e. The van der Waals surface area contributed by atoms with Gasteiger partial charge in [-0.25, -0.2) is 21.8 Å². The zero-order valence-electron chi connectivity index (χ0n) is 22.5. The lowest BCUT2D eigenvalue weighted by atomic mass is 10.1. The molecule has 3 aromatic rings. The second-order valence-corrected chi connectivity index (χ2v) is 17.0. The summed E-state index contributed by atoms with van der Waals surface area (Å²) in [5, 5.41) is 1.36. The number of piperazine rings is 1. The highest BCUT2D eigenvalue weighted by atomic mass is 35.5. The molecule has 4 heterocycles. The molecule has 0 aliphatic carbocycles. The number of aromatic nitrogens is 1. The molecule has 2 aromatic heterocycles. The van der Waals surface area contributed by atoms with E-state index < -0.39 is 44.0 Å². The number of sulfonamides is 2. The minimum absolute atomic E-state index is 0.0423. The van der Waals surface area contributed by atoms with Gasteiger partial charge in [-0.1, -0.05) is 17.7 Å². The Labute approximate surface area is 254 Å². The van der Waals surface area contributed by atoms with Crippen LogP contribution < -0.4 is 0 Å². The Bertz CT molecular complexity index is 1730. The summed E-state index contributed by atoms with van der Waals surface area (Å²) in [4.78, 5) is 22.6. The van der Waals surface area contributed by atoms with Gasteiger partial charge in [0.15, 0.2) is 5.01 Å². The minimum Gasteiger partial charge on any atom is -0.331 e. The quantitative estimate of drug-likeness (QED) is 0.373. The van der Waals surface area contributed by atoms with Gasteiger partial charge in [-0.2, -0.15) is 21.8 Å². The summed E-state index contributed by atoms with van der Waals surface area (Å²) < 4.78 is 92.6. The zero-order chi connectivity index (χ0) is 30.6. The Balaban J connectivity index is 1.42. The Hall–Kier alpha value is -1.86. The first-order chi connectivity index (χ1) is 19.6. The number of fused-ring (bicyclic) bond motifs is 2. The topological polar surface area (TPSA) is 111 Å². The molecule has 0 bridgehead atoms. The summed E-state index contributed by atoms with van der Waals surface area (Å²) in [5.74, 6) is -0.461. The Morgan fingerprint density at radius 2 is 1.88 bits per heavy atom. The van der Waals surface area contributed by atoms with Gasteiger partial charge in [-0.3, -0.25) is 4.79 Å². The Morgan fingerprint density at radius 3 is 2.60 bits per heavy atom. The predicted octanol–water partition coefficient (Wildman–Crippen LogP) is 3.69. The molecule has 10 nitrogen and oxygen atoms in total. The van der Waals surface area contributed by atoms with Crippen molar-refractivity contribution in [2.75, 3.05) is 46.8 Å². The summed E-state index contributed by atoms with van der Waals surface area (Å²) in [6.07, 6.45) is 0.449. The van der Waals surface area contributed by atoms with E-state index in [0.717, 1.165) is 35.5 Å². The van der Waals surface area contributed by atoms with Crippen LogP contribution in [-0.4, -0.2) is 105 Å². The maximum atomic E-state index is 13.7. The lowest BCUT2D eigenvalue weighted by Crippen LogP contribution is -2.57. The maximum absolute atomic E-state index is 13.7. The molecule has 0 saturated carbocycles. The first kappa shape index (κ1) is 31.6. The number of nitrogens with zero attached hydrogens (tertiary/aromatic N) is 5. The van der Waals surface area contributed by atoms with Crippen molar-refractivity contribution in [1.29, 1.82) is 0 Å². The first-order valence-corrected chi connectivity index (χ1v) is 17.7. The average molecular weight is 686 g/mol. The fourth-order valence-electron chi connectivity index (χ4n) is 4.96. The van der Waals surface area contributed by atoms with E-state index in [1.165, 1.54) is 26.6 Å². The summed E-state index contributed by atoms with van der Waals surface area (Å²) in [7, 11) is -6.88. The van der Waals surface area contributed by atoms with E-state index in [2.05, 4.69) is 9.88 Å². The van der Waals surface area contributed by atoms with Crippen LogP contribution in [-0.2, 0) is 33.0 Å². The number of amides is 1. The summed E-state index contributed by atoms with van der Waals surface area (Å²) >= 11 is 8.33. The average Bonchev–Trinajstić information content (AvgIpc) is 3.54. The fraction of sp³-hybridized carbons (Fsp3) is 0.500. The third-order valence-electron chi connectivity index (χ3n) is 7.35. The van der Waals surface area contributed by atoms with E-state index in [1.807, 2.05) is 7.05 Å². The molecule has 1 atom stereocenters. The van der Waals surface area contributed by atoms with Crippen molar-refractivity contribution in [2.24, 2.45) is 0 Å². The van der Waals surface area contributed by atoms with Gasteiger partial charge in [0.1, 0.15) is 4.21 Å². The molecule has 18 heteroatoms. The van der Waals surface area contributed by atoms with Crippen molar-refractivity contribution in [2.45, 2.75) is 35.1 Å². The van der Waals surface area contributed by atoms with Crippen LogP contribution in [0.5, 0.6) is 0 Å². The van der Waals surface area contributed by atoms with Gasteiger partial charge in [0, 0.05) is 73.4 Å². The number of carbonyl (C=O) groups excluding carboxylic acids is 1. The number of thiophene rings is 1. The third-order valence-corrected chi connectivity index (χ3v) is 13.7. The van der Waals surface area contributed by atoms with Crippen molar-refractivity contribution < 1.29 is 34.8 Å². The molecule has 1 amide bonds. The molecule has 0 N–H and O–H groups in total. The van der Waals surface area contributed by atoms with Gasteiger partial charge in [-0.05, 0) is 37.1 Å². The number of carbonyl (C=O) groups is 1. The van der Waals surface area contributed by atoms with Crippen LogP contribution in [0.4, 0.5) is 13.2 Å². The molecule has 230 valence electrons. The molecule has 42 heavy (non-hydrogen) atoms. The third kappa shape index (κ3) is 6.06. The van der Waals surface area contributed by atoms with E-state index in [4.69, 9.17) is 11.6 Å². The van der Waals surface area contributed by atoms with Gasteiger partial charge in [0.05, 0.1) is 5.69 Å². The number of rotatable bonds is 7. The molecular formula is C24H27ClF3N5O5S4. The fourth-order valence-corrected chi connectivity index (χ4v) is 10.1. The summed E-state index contributed by atoms with van der Waals surface area (Å²) in [6.45, 7) is 0.522. The molecule has 1 saturated heterocycles. The van der Waals surface area contributed by atoms with E-state index >= 15 is 0 Å². The number of hydrogen-bond donors (Lipinski definition) is 0. The number of alkyl halides is 3. The van der Waals surface area contributed by atoms with Gasteiger partial charge in [0.2, 0.25) is 0 Å². The van der Waals surface area contributed by atoms with E-state index in [9.17, 15) is 34.8 Å².